The SMILES string of the molecule is CC(CI)C1CCC2C(O)CCCC12C. The lowest BCUT2D eigenvalue weighted by molar-refractivity contribution is -0.0247. The van der Waals surface area contributed by atoms with E-state index in [1.54, 1.807) is 0 Å². The van der Waals surface area contributed by atoms with Crippen LogP contribution in [0.5, 0.6) is 0 Å². The van der Waals surface area contributed by atoms with Gasteiger partial charge in [0.05, 0.1) is 6.10 Å². The lowest BCUT2D eigenvalue weighted by Crippen LogP contribution is -2.41. The number of rotatable bonds is 2. The zero-order chi connectivity index (χ0) is 11.1. The van der Waals surface area contributed by atoms with Gasteiger partial charge >= 0.3 is 0 Å². The first-order chi connectivity index (χ1) is 7.09. The van der Waals surface area contributed by atoms with E-state index < -0.39 is 0 Å². The van der Waals surface area contributed by atoms with E-state index in [-0.39, 0.29) is 6.10 Å². The highest BCUT2D eigenvalue weighted by molar-refractivity contribution is 14.1. The van der Waals surface area contributed by atoms with Crippen LogP contribution < -0.4 is 0 Å². The number of aliphatic hydroxyl groups excluding tert-OH is 1. The topological polar surface area (TPSA) is 20.2 Å². The van der Waals surface area contributed by atoms with Crippen molar-refractivity contribution in [1.82, 2.24) is 0 Å². The molecule has 5 atom stereocenters. The second-order valence-corrected chi connectivity index (χ2v) is 6.77. The molecule has 88 valence electrons. The summed E-state index contributed by atoms with van der Waals surface area (Å²) in [5, 5.41) is 10.1. The first-order valence-electron chi connectivity index (χ1n) is 6.33. The van der Waals surface area contributed by atoms with Crippen LogP contribution in [0.4, 0.5) is 0 Å². The molecule has 1 nitrogen and oxygen atoms in total. The molecule has 0 aliphatic heterocycles. The molecule has 0 aromatic rings. The molecule has 2 heteroatoms. The van der Waals surface area contributed by atoms with Gasteiger partial charge in [0.15, 0.2) is 0 Å². The zero-order valence-electron chi connectivity index (χ0n) is 9.88. The van der Waals surface area contributed by atoms with Gasteiger partial charge in [-0.15, -0.1) is 0 Å². The van der Waals surface area contributed by atoms with Crippen LogP contribution >= 0.6 is 22.6 Å². The minimum atomic E-state index is -0.00448. The maximum atomic E-state index is 10.1. The average Bonchev–Trinajstić information content (AvgIpc) is 2.56. The molecule has 0 aromatic carbocycles. The van der Waals surface area contributed by atoms with Crippen LogP contribution in [0.3, 0.4) is 0 Å². The molecule has 0 amide bonds. The van der Waals surface area contributed by atoms with Crippen LogP contribution in [0.2, 0.25) is 0 Å². The largest absolute Gasteiger partial charge is 0.393 e. The molecule has 0 spiro atoms. The van der Waals surface area contributed by atoms with Gasteiger partial charge in [0.2, 0.25) is 0 Å². The number of hydrogen-bond donors (Lipinski definition) is 1. The van der Waals surface area contributed by atoms with Gasteiger partial charge in [0.1, 0.15) is 0 Å². The van der Waals surface area contributed by atoms with E-state index in [1.807, 2.05) is 0 Å². The summed E-state index contributed by atoms with van der Waals surface area (Å²) in [6, 6.07) is 0. The van der Waals surface area contributed by atoms with Crippen molar-refractivity contribution >= 4 is 22.6 Å². The molecule has 0 bridgehead atoms. The van der Waals surface area contributed by atoms with Crippen molar-refractivity contribution in [3.05, 3.63) is 0 Å². The Balaban J connectivity index is 2.17. The van der Waals surface area contributed by atoms with E-state index in [0.29, 0.717) is 11.3 Å². The fraction of sp³-hybridized carbons (Fsp3) is 1.00. The van der Waals surface area contributed by atoms with E-state index >= 15 is 0 Å². The van der Waals surface area contributed by atoms with E-state index in [2.05, 4.69) is 36.4 Å². The van der Waals surface area contributed by atoms with Gasteiger partial charge in [-0.25, -0.2) is 0 Å². The summed E-state index contributed by atoms with van der Waals surface area (Å²) < 4.78 is 1.26. The van der Waals surface area contributed by atoms with Crippen molar-refractivity contribution in [3.8, 4) is 0 Å². The molecule has 2 aliphatic rings. The molecule has 0 heterocycles. The van der Waals surface area contributed by atoms with Crippen LogP contribution in [0, 0.1) is 23.2 Å². The Labute approximate surface area is 107 Å². The van der Waals surface area contributed by atoms with Gasteiger partial charge in [0, 0.05) is 4.43 Å². The Morgan fingerprint density at radius 2 is 2.13 bits per heavy atom. The molecule has 2 rings (SSSR count). The summed E-state index contributed by atoms with van der Waals surface area (Å²) in [5.74, 6) is 2.28. The van der Waals surface area contributed by atoms with Crippen molar-refractivity contribution < 1.29 is 5.11 Å². The standard InChI is InChI=1S/C13H23IO/c1-9(8-14)10-5-6-11-12(15)4-3-7-13(10,11)2/h9-12,15H,3-8H2,1-2H3. The highest BCUT2D eigenvalue weighted by Gasteiger charge is 2.51. The predicted octanol–water partition coefficient (Wildman–Crippen LogP) is 3.63. The van der Waals surface area contributed by atoms with E-state index in [1.165, 1.54) is 30.1 Å². The van der Waals surface area contributed by atoms with Gasteiger partial charge in [-0.3, -0.25) is 0 Å². The third-order valence-corrected chi connectivity index (χ3v) is 6.48. The Hall–Kier alpha value is 0.690. The number of hydrogen-bond acceptors (Lipinski definition) is 1. The Kier molecular flexibility index (Phi) is 3.66. The molecule has 15 heavy (non-hydrogen) atoms. The average molecular weight is 322 g/mol. The van der Waals surface area contributed by atoms with Crippen molar-refractivity contribution in [1.29, 1.82) is 0 Å². The number of fused-ring (bicyclic) bond motifs is 1. The molecular weight excluding hydrogens is 299 g/mol. The summed E-state index contributed by atoms with van der Waals surface area (Å²) in [5.41, 5.74) is 0.447. The molecule has 2 saturated carbocycles. The first-order valence-corrected chi connectivity index (χ1v) is 7.86. The Morgan fingerprint density at radius 1 is 1.40 bits per heavy atom. The molecule has 0 aromatic heterocycles. The second-order valence-electron chi connectivity index (χ2n) is 5.89. The quantitative estimate of drug-likeness (QED) is 0.608. The fourth-order valence-corrected chi connectivity index (χ4v) is 4.85. The summed E-state index contributed by atoms with van der Waals surface area (Å²) in [6.45, 7) is 4.84. The van der Waals surface area contributed by atoms with Crippen LogP contribution in [0.1, 0.15) is 46.0 Å². The third-order valence-electron chi connectivity index (χ3n) is 5.09. The summed E-state index contributed by atoms with van der Waals surface area (Å²) in [6.07, 6.45) is 6.24. The van der Waals surface area contributed by atoms with Crippen molar-refractivity contribution in [2.24, 2.45) is 23.2 Å². The monoisotopic (exact) mass is 322 g/mol. The smallest absolute Gasteiger partial charge is 0.0573 e. The summed E-state index contributed by atoms with van der Waals surface area (Å²) in [4.78, 5) is 0. The van der Waals surface area contributed by atoms with Gasteiger partial charge < -0.3 is 5.11 Å². The number of halogens is 1. The van der Waals surface area contributed by atoms with Crippen LogP contribution in [-0.2, 0) is 0 Å². The number of aliphatic hydroxyl groups is 1. The zero-order valence-corrected chi connectivity index (χ0v) is 12.0. The van der Waals surface area contributed by atoms with Gasteiger partial charge in [0.25, 0.3) is 0 Å². The van der Waals surface area contributed by atoms with E-state index in [4.69, 9.17) is 0 Å². The van der Waals surface area contributed by atoms with Crippen molar-refractivity contribution in [2.45, 2.75) is 52.1 Å². The lowest BCUT2D eigenvalue weighted by atomic mass is 9.62. The Morgan fingerprint density at radius 3 is 2.80 bits per heavy atom. The van der Waals surface area contributed by atoms with E-state index in [9.17, 15) is 5.11 Å². The molecule has 5 unspecified atom stereocenters. The van der Waals surface area contributed by atoms with Crippen molar-refractivity contribution in [2.75, 3.05) is 4.43 Å². The van der Waals surface area contributed by atoms with E-state index in [0.717, 1.165) is 18.3 Å². The molecular formula is C13H23IO. The van der Waals surface area contributed by atoms with Gasteiger partial charge in [-0.05, 0) is 48.9 Å². The maximum absolute atomic E-state index is 10.1. The highest BCUT2D eigenvalue weighted by Crippen LogP contribution is 2.57. The predicted molar refractivity (Wildman–Crippen MR) is 72.2 cm³/mol. The number of alkyl halides is 1. The molecule has 0 radical (unpaired) electrons. The second kappa shape index (κ2) is 4.52. The van der Waals surface area contributed by atoms with Gasteiger partial charge in [-0.2, -0.15) is 0 Å². The minimum Gasteiger partial charge on any atom is -0.393 e. The highest BCUT2D eigenvalue weighted by atomic mass is 127. The minimum absolute atomic E-state index is 0.00448. The first kappa shape index (κ1) is 12.2. The molecule has 0 saturated heterocycles. The molecule has 2 fully saturated rings. The summed E-state index contributed by atoms with van der Waals surface area (Å²) in [7, 11) is 0. The lowest BCUT2D eigenvalue weighted by Gasteiger charge is -2.45. The van der Waals surface area contributed by atoms with Crippen LogP contribution in [-0.4, -0.2) is 15.6 Å². The third kappa shape index (κ3) is 1.97. The maximum Gasteiger partial charge on any atom is 0.0573 e. The summed E-state index contributed by atoms with van der Waals surface area (Å²) >= 11 is 2.52. The fourth-order valence-electron chi connectivity index (χ4n) is 4.23. The van der Waals surface area contributed by atoms with Crippen LogP contribution in [0.25, 0.3) is 0 Å². The van der Waals surface area contributed by atoms with Gasteiger partial charge in [-0.1, -0.05) is 42.9 Å². The molecule has 2 aliphatic carbocycles. The Bertz CT molecular complexity index is 231. The van der Waals surface area contributed by atoms with Crippen LogP contribution in [0.15, 0.2) is 0 Å². The molecule has 1 N–H and O–H groups in total. The van der Waals surface area contributed by atoms with Crippen molar-refractivity contribution in [3.63, 3.8) is 0 Å². The normalized spacial score (nSPS) is 47.6.